The first kappa shape index (κ1) is 15.1. The van der Waals surface area contributed by atoms with Crippen LogP contribution in [0.2, 0.25) is 0 Å². The Morgan fingerprint density at radius 2 is 1.69 bits per heavy atom. The summed E-state index contributed by atoms with van der Waals surface area (Å²) >= 11 is 0. The Morgan fingerprint density at radius 1 is 1.19 bits per heavy atom. The molecule has 0 saturated heterocycles. The lowest BCUT2D eigenvalue weighted by atomic mass is 10.2. The summed E-state index contributed by atoms with van der Waals surface area (Å²) in [6, 6.07) is 4.19. The third-order valence-electron chi connectivity index (χ3n) is 1.80. The first-order valence-electron chi connectivity index (χ1n) is 5.35. The van der Waals surface area contributed by atoms with E-state index in [1.54, 1.807) is 6.07 Å². The Balaban J connectivity index is 0.000000673. The van der Waals surface area contributed by atoms with Gasteiger partial charge in [0, 0.05) is 6.26 Å². The lowest BCUT2D eigenvalue weighted by Crippen LogP contribution is -2.01. The first-order chi connectivity index (χ1) is 7.36. The molecule has 0 N–H and O–H groups in total. The molecule has 4 heteroatoms. The van der Waals surface area contributed by atoms with E-state index in [-0.39, 0.29) is 4.90 Å². The highest BCUT2D eigenvalue weighted by molar-refractivity contribution is 7.90. The molecule has 0 bridgehead atoms. The fourth-order valence-corrected chi connectivity index (χ4v) is 1.79. The van der Waals surface area contributed by atoms with Gasteiger partial charge in [0.2, 0.25) is 0 Å². The summed E-state index contributed by atoms with van der Waals surface area (Å²) in [5.41, 5.74) is 0.796. The van der Waals surface area contributed by atoms with Gasteiger partial charge in [0.1, 0.15) is 10.7 Å². The molecule has 0 atom stereocenters. The average molecular weight is 246 g/mol. The number of rotatable bonds is 2. The number of sulfone groups is 1. The van der Waals surface area contributed by atoms with Gasteiger partial charge in [-0.2, -0.15) is 0 Å². The van der Waals surface area contributed by atoms with E-state index in [0.717, 1.165) is 11.8 Å². The minimum absolute atomic E-state index is 0.232. The van der Waals surface area contributed by atoms with Gasteiger partial charge in [0.15, 0.2) is 9.84 Å². The third-order valence-corrected chi connectivity index (χ3v) is 2.93. The zero-order chi connectivity index (χ0) is 12.8. The fraction of sp³-hybridized carbons (Fsp3) is 0.500. The van der Waals surface area contributed by atoms with Crippen LogP contribution in [-0.4, -0.2) is 14.7 Å². The second-order valence-electron chi connectivity index (χ2n) is 3.60. The maximum Gasteiger partial charge on any atom is 0.178 e. The average Bonchev–Trinajstić information content (AvgIpc) is 2.16. The van der Waals surface area contributed by atoms with Crippen LogP contribution in [0.1, 0.15) is 32.8 Å². The fourth-order valence-electron chi connectivity index (χ4n) is 1.06. The molecule has 0 unspecified atom stereocenters. The van der Waals surface area contributed by atoms with Crippen molar-refractivity contribution in [3.63, 3.8) is 0 Å². The summed E-state index contributed by atoms with van der Waals surface area (Å²) in [7, 11) is -3.43. The molecule has 1 aromatic rings. The van der Waals surface area contributed by atoms with Crippen molar-refractivity contribution < 1.29 is 12.8 Å². The first-order valence-corrected chi connectivity index (χ1v) is 7.24. The van der Waals surface area contributed by atoms with E-state index < -0.39 is 15.7 Å². The van der Waals surface area contributed by atoms with Crippen LogP contribution in [0.3, 0.4) is 0 Å². The molecule has 0 spiro atoms. The van der Waals surface area contributed by atoms with Crippen LogP contribution in [0.4, 0.5) is 4.39 Å². The summed E-state index contributed by atoms with van der Waals surface area (Å²) in [5.74, 6) is -0.665. The second-order valence-corrected chi connectivity index (χ2v) is 5.58. The van der Waals surface area contributed by atoms with E-state index in [1.165, 1.54) is 18.6 Å². The topological polar surface area (TPSA) is 34.1 Å². The highest BCUT2D eigenvalue weighted by Crippen LogP contribution is 2.15. The van der Waals surface area contributed by atoms with E-state index in [4.69, 9.17) is 0 Å². The number of benzene rings is 1. The predicted molar refractivity (Wildman–Crippen MR) is 64.9 cm³/mol. The van der Waals surface area contributed by atoms with Gasteiger partial charge in [-0.25, -0.2) is 12.8 Å². The van der Waals surface area contributed by atoms with Crippen LogP contribution < -0.4 is 0 Å². The molecule has 0 radical (unpaired) electrons. The van der Waals surface area contributed by atoms with Crippen molar-refractivity contribution in [1.82, 2.24) is 0 Å². The number of hydrogen-bond acceptors (Lipinski definition) is 2. The third kappa shape index (κ3) is 4.75. The lowest BCUT2D eigenvalue weighted by molar-refractivity contribution is 0.569. The van der Waals surface area contributed by atoms with Gasteiger partial charge >= 0.3 is 0 Å². The highest BCUT2D eigenvalue weighted by atomic mass is 32.2. The quantitative estimate of drug-likeness (QED) is 0.803. The van der Waals surface area contributed by atoms with Crippen LogP contribution in [-0.2, 0) is 16.3 Å². The van der Waals surface area contributed by atoms with Crippen molar-refractivity contribution in [2.75, 3.05) is 6.26 Å². The van der Waals surface area contributed by atoms with Crippen molar-refractivity contribution in [3.8, 4) is 0 Å². The second kappa shape index (κ2) is 6.63. The number of aryl methyl sites for hydroxylation is 1. The van der Waals surface area contributed by atoms with Gasteiger partial charge < -0.3 is 0 Å². The molecule has 0 aromatic heterocycles. The minimum Gasteiger partial charge on any atom is -0.224 e. The molecule has 92 valence electrons. The molecular formula is C12H19FO2S. The summed E-state index contributed by atoms with van der Waals surface area (Å²) in [6.45, 7) is 6.13. The smallest absolute Gasteiger partial charge is 0.178 e. The molecule has 2 nitrogen and oxygen atoms in total. The van der Waals surface area contributed by atoms with E-state index in [9.17, 15) is 12.8 Å². The maximum absolute atomic E-state index is 13.2. The molecule has 0 saturated carbocycles. The standard InChI is InChI=1S/C9H11FO2S.C3H8/c1-3-7-4-5-9(8(10)6-7)13(2,11)12;1-3-2/h4-6H,3H2,1-2H3;3H2,1-2H3. The molecule has 0 aliphatic carbocycles. The molecule has 1 aromatic carbocycles. The van der Waals surface area contributed by atoms with Crippen LogP contribution >= 0.6 is 0 Å². The van der Waals surface area contributed by atoms with Crippen molar-refractivity contribution in [2.24, 2.45) is 0 Å². The monoisotopic (exact) mass is 246 g/mol. The van der Waals surface area contributed by atoms with Crippen LogP contribution in [0.25, 0.3) is 0 Å². The molecule has 0 aliphatic rings. The summed E-state index contributed by atoms with van der Waals surface area (Å²) in [5, 5.41) is 0. The summed E-state index contributed by atoms with van der Waals surface area (Å²) in [4.78, 5) is -0.232. The van der Waals surface area contributed by atoms with Crippen molar-refractivity contribution in [3.05, 3.63) is 29.6 Å². The van der Waals surface area contributed by atoms with E-state index in [2.05, 4.69) is 13.8 Å². The van der Waals surface area contributed by atoms with Crippen LogP contribution in [0.15, 0.2) is 23.1 Å². The predicted octanol–water partition coefficient (Wildman–Crippen LogP) is 3.21. The largest absolute Gasteiger partial charge is 0.224 e. The van der Waals surface area contributed by atoms with Crippen LogP contribution in [0, 0.1) is 5.82 Å². The van der Waals surface area contributed by atoms with Gasteiger partial charge in [0.25, 0.3) is 0 Å². The minimum atomic E-state index is -3.43. The SMILES string of the molecule is CCC.CCc1ccc(S(C)(=O)=O)c(F)c1. The highest BCUT2D eigenvalue weighted by Gasteiger charge is 2.12. The van der Waals surface area contributed by atoms with Crippen molar-refractivity contribution in [2.45, 2.75) is 38.5 Å². The molecule has 1 rings (SSSR count). The zero-order valence-electron chi connectivity index (χ0n) is 10.2. The Kier molecular flexibility index (Phi) is 6.26. The number of halogens is 1. The summed E-state index contributed by atoms with van der Waals surface area (Å²) in [6.07, 6.45) is 2.94. The van der Waals surface area contributed by atoms with Gasteiger partial charge in [-0.15, -0.1) is 0 Å². The van der Waals surface area contributed by atoms with Gasteiger partial charge in [-0.1, -0.05) is 33.3 Å². The zero-order valence-corrected chi connectivity index (χ0v) is 11.1. The number of hydrogen-bond donors (Lipinski definition) is 0. The van der Waals surface area contributed by atoms with Crippen molar-refractivity contribution >= 4 is 9.84 Å². The van der Waals surface area contributed by atoms with Crippen LogP contribution in [0.5, 0.6) is 0 Å². The molecular weight excluding hydrogens is 227 g/mol. The molecule has 16 heavy (non-hydrogen) atoms. The summed E-state index contributed by atoms with van der Waals surface area (Å²) < 4.78 is 35.2. The molecule has 0 amide bonds. The van der Waals surface area contributed by atoms with Crippen molar-refractivity contribution in [1.29, 1.82) is 0 Å². The maximum atomic E-state index is 13.2. The van der Waals surface area contributed by atoms with E-state index in [0.29, 0.717) is 6.42 Å². The Bertz CT molecular complexity index is 425. The Labute approximate surface area is 97.4 Å². The normalized spacial score (nSPS) is 10.6. The van der Waals surface area contributed by atoms with Gasteiger partial charge in [0.05, 0.1) is 0 Å². The molecule has 0 fully saturated rings. The van der Waals surface area contributed by atoms with E-state index >= 15 is 0 Å². The Hall–Kier alpha value is -0.900. The van der Waals surface area contributed by atoms with Gasteiger partial charge in [-0.05, 0) is 24.1 Å². The molecule has 0 aliphatic heterocycles. The molecule has 0 heterocycles. The lowest BCUT2D eigenvalue weighted by Gasteiger charge is -2.02. The van der Waals surface area contributed by atoms with Gasteiger partial charge in [-0.3, -0.25) is 0 Å². The van der Waals surface area contributed by atoms with E-state index in [1.807, 2.05) is 6.92 Å². The Morgan fingerprint density at radius 3 is 2.00 bits per heavy atom.